The van der Waals surface area contributed by atoms with Gasteiger partial charge in [-0.05, 0) is 48.9 Å². The van der Waals surface area contributed by atoms with Crippen LogP contribution < -0.4 is 16.6 Å². The highest BCUT2D eigenvalue weighted by molar-refractivity contribution is 9.10. The lowest BCUT2D eigenvalue weighted by molar-refractivity contribution is 0.102. The molecule has 0 atom stereocenters. The summed E-state index contributed by atoms with van der Waals surface area (Å²) >= 11 is 4.80. The van der Waals surface area contributed by atoms with Gasteiger partial charge < -0.3 is 5.32 Å². The normalized spacial score (nSPS) is 10.7. The molecule has 4 N–H and O–H groups in total. The lowest BCUT2D eigenvalue weighted by Gasteiger charge is -2.07. The number of thiazole rings is 1. The van der Waals surface area contributed by atoms with Crippen molar-refractivity contribution in [3.63, 3.8) is 0 Å². The maximum atomic E-state index is 12.3. The highest BCUT2D eigenvalue weighted by Gasteiger charge is 2.10. The Balaban J connectivity index is 1.90. The van der Waals surface area contributed by atoms with Gasteiger partial charge >= 0.3 is 0 Å². The summed E-state index contributed by atoms with van der Waals surface area (Å²) in [6, 6.07) is 11.0. The summed E-state index contributed by atoms with van der Waals surface area (Å²) in [6.45, 7) is 1.96. The van der Waals surface area contributed by atoms with Crippen LogP contribution in [0.1, 0.15) is 15.9 Å². The first kappa shape index (κ1) is 15.0. The highest BCUT2D eigenvalue weighted by atomic mass is 79.9. The van der Waals surface area contributed by atoms with E-state index < -0.39 is 0 Å². The topological polar surface area (TPSA) is 80.0 Å². The Hall–Kier alpha value is -1.96. The third-order valence-electron chi connectivity index (χ3n) is 3.17. The maximum Gasteiger partial charge on any atom is 0.255 e. The number of amides is 1. The third kappa shape index (κ3) is 2.96. The van der Waals surface area contributed by atoms with Gasteiger partial charge in [-0.25, -0.2) is 10.8 Å². The molecule has 0 aliphatic rings. The van der Waals surface area contributed by atoms with Crippen molar-refractivity contribution in [2.75, 3.05) is 10.7 Å². The lowest BCUT2D eigenvalue weighted by atomic mass is 10.1. The summed E-state index contributed by atoms with van der Waals surface area (Å²) in [5.41, 5.74) is 5.77. The Bertz CT molecular complexity index is 845. The van der Waals surface area contributed by atoms with Crippen LogP contribution in [0.4, 0.5) is 10.8 Å². The van der Waals surface area contributed by atoms with Crippen molar-refractivity contribution in [3.05, 3.63) is 52.0 Å². The average Bonchev–Trinajstić information content (AvgIpc) is 2.91. The summed E-state index contributed by atoms with van der Waals surface area (Å²) in [6.07, 6.45) is 0. The molecule has 0 aliphatic carbocycles. The fourth-order valence-electron chi connectivity index (χ4n) is 2.14. The van der Waals surface area contributed by atoms with Crippen molar-refractivity contribution < 1.29 is 4.79 Å². The maximum absolute atomic E-state index is 12.3. The van der Waals surface area contributed by atoms with E-state index in [1.165, 1.54) is 11.3 Å². The molecule has 0 radical (unpaired) electrons. The van der Waals surface area contributed by atoms with Crippen LogP contribution in [0.5, 0.6) is 0 Å². The van der Waals surface area contributed by atoms with Crippen molar-refractivity contribution >= 4 is 54.2 Å². The molecular formula is C15H13BrN4OS. The largest absolute Gasteiger partial charge is 0.322 e. The first-order valence-corrected chi connectivity index (χ1v) is 8.12. The molecular weight excluding hydrogens is 364 g/mol. The predicted molar refractivity (Wildman–Crippen MR) is 94.3 cm³/mol. The first-order valence-electron chi connectivity index (χ1n) is 6.51. The Morgan fingerprint density at radius 2 is 2.00 bits per heavy atom. The van der Waals surface area contributed by atoms with Crippen LogP contribution >= 0.6 is 27.3 Å². The van der Waals surface area contributed by atoms with E-state index in [9.17, 15) is 4.79 Å². The Kier molecular flexibility index (Phi) is 4.10. The molecule has 5 nitrogen and oxygen atoms in total. The number of halogens is 1. The molecule has 0 bridgehead atoms. The number of aromatic nitrogens is 1. The van der Waals surface area contributed by atoms with Gasteiger partial charge in [-0.3, -0.25) is 10.2 Å². The van der Waals surface area contributed by atoms with E-state index in [0.29, 0.717) is 10.7 Å². The minimum absolute atomic E-state index is 0.145. The van der Waals surface area contributed by atoms with E-state index >= 15 is 0 Å². The molecule has 22 heavy (non-hydrogen) atoms. The van der Waals surface area contributed by atoms with Crippen LogP contribution in [0.2, 0.25) is 0 Å². The van der Waals surface area contributed by atoms with Crippen LogP contribution in [0.3, 0.4) is 0 Å². The quantitative estimate of drug-likeness (QED) is 0.478. The van der Waals surface area contributed by atoms with Gasteiger partial charge in [0, 0.05) is 15.7 Å². The second-order valence-electron chi connectivity index (χ2n) is 4.76. The number of hydrogen-bond donors (Lipinski definition) is 3. The van der Waals surface area contributed by atoms with Gasteiger partial charge in [0.2, 0.25) is 0 Å². The van der Waals surface area contributed by atoms with Gasteiger partial charge in [0.05, 0.1) is 10.2 Å². The molecule has 0 unspecified atom stereocenters. The van der Waals surface area contributed by atoms with Crippen molar-refractivity contribution in [1.29, 1.82) is 0 Å². The number of aryl methyl sites for hydroxylation is 1. The number of fused-ring (bicyclic) bond motifs is 1. The zero-order valence-electron chi connectivity index (χ0n) is 11.7. The summed E-state index contributed by atoms with van der Waals surface area (Å²) in [4.78, 5) is 16.6. The Morgan fingerprint density at radius 1 is 1.27 bits per heavy atom. The van der Waals surface area contributed by atoms with E-state index in [1.54, 1.807) is 12.1 Å². The van der Waals surface area contributed by atoms with Crippen molar-refractivity contribution in [2.45, 2.75) is 6.92 Å². The van der Waals surface area contributed by atoms with Gasteiger partial charge in [0.25, 0.3) is 5.91 Å². The van der Waals surface area contributed by atoms with E-state index in [2.05, 4.69) is 31.7 Å². The number of nitrogens with zero attached hydrogens (tertiary/aromatic N) is 1. The molecule has 2 aromatic carbocycles. The molecule has 1 heterocycles. The molecule has 0 fully saturated rings. The molecule has 112 valence electrons. The van der Waals surface area contributed by atoms with E-state index in [4.69, 9.17) is 5.84 Å². The Labute approximate surface area is 139 Å². The third-order valence-corrected chi connectivity index (χ3v) is 4.64. The van der Waals surface area contributed by atoms with Gasteiger partial charge in [-0.15, -0.1) is 0 Å². The molecule has 0 aliphatic heterocycles. The number of rotatable bonds is 3. The average molecular weight is 377 g/mol. The summed E-state index contributed by atoms with van der Waals surface area (Å²) in [5, 5.41) is 3.56. The fraction of sp³-hybridized carbons (Fsp3) is 0.0667. The molecule has 3 aromatic rings. The van der Waals surface area contributed by atoms with Crippen LogP contribution in [0, 0.1) is 6.92 Å². The summed E-state index contributed by atoms with van der Waals surface area (Å²) < 4.78 is 1.91. The Morgan fingerprint density at radius 3 is 2.68 bits per heavy atom. The molecule has 0 saturated heterocycles. The van der Waals surface area contributed by atoms with Crippen LogP contribution in [0.25, 0.3) is 10.2 Å². The van der Waals surface area contributed by atoms with E-state index in [-0.39, 0.29) is 5.91 Å². The number of nitrogens with two attached hydrogens (primary N) is 1. The molecule has 0 saturated carbocycles. The number of nitrogens with one attached hydrogen (secondary N) is 2. The fourth-order valence-corrected chi connectivity index (χ4v) is 3.29. The summed E-state index contributed by atoms with van der Waals surface area (Å²) in [5.74, 6) is 5.25. The monoisotopic (exact) mass is 376 g/mol. The first-order chi connectivity index (χ1) is 10.6. The molecule has 0 spiro atoms. The van der Waals surface area contributed by atoms with Crippen molar-refractivity contribution in [3.8, 4) is 0 Å². The minimum Gasteiger partial charge on any atom is -0.322 e. The number of benzene rings is 2. The number of anilines is 2. The number of hydrogen-bond acceptors (Lipinski definition) is 5. The number of nitrogen functional groups attached to an aromatic ring is 1. The second-order valence-corrected chi connectivity index (χ2v) is 6.71. The standard InChI is InChI=1S/C15H13BrN4OS/c1-8-6-11(7-12-13(8)19-15(20-17)22-12)18-14(21)9-2-4-10(16)5-3-9/h2-7H,17H2,1H3,(H,18,21)(H,19,20). The van der Waals surface area contributed by atoms with Crippen molar-refractivity contribution in [1.82, 2.24) is 4.98 Å². The number of carbonyl (C=O) groups excluding carboxylic acids is 1. The van der Waals surface area contributed by atoms with E-state index in [0.717, 1.165) is 25.9 Å². The van der Waals surface area contributed by atoms with Crippen LogP contribution in [-0.4, -0.2) is 10.9 Å². The smallest absolute Gasteiger partial charge is 0.255 e. The second kappa shape index (κ2) is 6.04. The summed E-state index contributed by atoms with van der Waals surface area (Å²) in [7, 11) is 0. The number of carbonyl (C=O) groups is 1. The molecule has 1 aromatic heterocycles. The van der Waals surface area contributed by atoms with Gasteiger partial charge in [-0.2, -0.15) is 0 Å². The predicted octanol–water partition coefficient (Wildman–Crippen LogP) is 3.91. The van der Waals surface area contributed by atoms with Crippen LogP contribution in [-0.2, 0) is 0 Å². The highest BCUT2D eigenvalue weighted by Crippen LogP contribution is 2.30. The SMILES string of the molecule is Cc1cc(NC(=O)c2ccc(Br)cc2)cc2sc(NN)nc12. The molecule has 7 heteroatoms. The minimum atomic E-state index is -0.145. The van der Waals surface area contributed by atoms with Gasteiger partial charge in [0.15, 0.2) is 5.13 Å². The number of hydrazine groups is 1. The van der Waals surface area contributed by atoms with Gasteiger partial charge in [-0.1, -0.05) is 27.3 Å². The van der Waals surface area contributed by atoms with E-state index in [1.807, 2.05) is 31.2 Å². The molecule has 3 rings (SSSR count). The zero-order valence-corrected chi connectivity index (χ0v) is 14.1. The van der Waals surface area contributed by atoms with Crippen LogP contribution in [0.15, 0.2) is 40.9 Å². The molecule has 1 amide bonds. The van der Waals surface area contributed by atoms with Gasteiger partial charge in [0.1, 0.15) is 0 Å². The lowest BCUT2D eigenvalue weighted by Crippen LogP contribution is -2.11. The van der Waals surface area contributed by atoms with Crippen molar-refractivity contribution in [2.24, 2.45) is 5.84 Å². The zero-order chi connectivity index (χ0) is 15.7.